The number of fused-ring (bicyclic) bond motifs is 1. The lowest BCUT2D eigenvalue weighted by Gasteiger charge is -2.28. The zero-order valence-corrected chi connectivity index (χ0v) is 18.4. The minimum absolute atomic E-state index is 0.0384. The molecule has 1 aromatic carbocycles. The van der Waals surface area contributed by atoms with Gasteiger partial charge in [0.25, 0.3) is 0 Å². The van der Waals surface area contributed by atoms with E-state index in [1.165, 1.54) is 10.6 Å². The Kier molecular flexibility index (Phi) is 5.40. The van der Waals surface area contributed by atoms with Crippen LogP contribution in [0.3, 0.4) is 0 Å². The molecule has 1 N–H and O–H groups in total. The van der Waals surface area contributed by atoms with E-state index >= 15 is 0 Å². The summed E-state index contributed by atoms with van der Waals surface area (Å²) in [4.78, 5) is 6.46. The highest BCUT2D eigenvalue weighted by Gasteiger charge is 2.33. The van der Waals surface area contributed by atoms with Crippen molar-refractivity contribution in [2.45, 2.75) is 36.7 Å². The maximum atomic E-state index is 13.7. The van der Waals surface area contributed by atoms with Gasteiger partial charge in [0.1, 0.15) is 4.90 Å². The summed E-state index contributed by atoms with van der Waals surface area (Å²) in [6.07, 6.45) is 3.16. The Labute approximate surface area is 170 Å². The third-order valence-electron chi connectivity index (χ3n) is 5.21. The first-order valence-corrected chi connectivity index (χ1v) is 10.7. The van der Waals surface area contributed by atoms with Gasteiger partial charge in [-0.25, -0.2) is 17.9 Å². The van der Waals surface area contributed by atoms with Crippen molar-refractivity contribution >= 4 is 32.8 Å². The van der Waals surface area contributed by atoms with Gasteiger partial charge in [-0.15, -0.1) is 0 Å². The van der Waals surface area contributed by atoms with E-state index in [1.807, 2.05) is 39.8 Å². The van der Waals surface area contributed by atoms with Crippen molar-refractivity contribution in [1.82, 2.24) is 19.5 Å². The van der Waals surface area contributed by atoms with Gasteiger partial charge < -0.3 is 10.2 Å². The summed E-state index contributed by atoms with van der Waals surface area (Å²) in [5.41, 5.74) is 3.28. The Bertz CT molecular complexity index is 1150. The minimum atomic E-state index is -3.95. The monoisotopic (exact) mass is 421 g/mol. The normalized spacial score (nSPS) is 13.3. The average Bonchev–Trinajstić information content (AvgIpc) is 3.13. The number of nitrogens with zero attached hydrogens (tertiary/aromatic N) is 4. The Morgan fingerprint density at radius 3 is 2.50 bits per heavy atom. The van der Waals surface area contributed by atoms with E-state index < -0.39 is 9.84 Å². The summed E-state index contributed by atoms with van der Waals surface area (Å²) in [5.74, 6) is 0. The van der Waals surface area contributed by atoms with Crippen LogP contribution in [-0.4, -0.2) is 49.1 Å². The van der Waals surface area contributed by atoms with Gasteiger partial charge in [-0.2, -0.15) is 5.10 Å². The number of benzene rings is 1. The van der Waals surface area contributed by atoms with Gasteiger partial charge in [0.2, 0.25) is 9.84 Å². The topological polar surface area (TPSA) is 79.6 Å². The molecule has 2 heterocycles. The molecule has 3 aromatic rings. The van der Waals surface area contributed by atoms with Crippen molar-refractivity contribution in [2.75, 3.05) is 26.5 Å². The molecule has 2 aromatic heterocycles. The van der Waals surface area contributed by atoms with E-state index in [1.54, 1.807) is 25.5 Å². The van der Waals surface area contributed by atoms with Crippen LogP contribution in [0.15, 0.2) is 34.4 Å². The molecule has 150 valence electrons. The van der Waals surface area contributed by atoms with Crippen LogP contribution in [0.2, 0.25) is 5.02 Å². The predicted octanol–water partition coefficient (Wildman–Crippen LogP) is 3.50. The summed E-state index contributed by atoms with van der Waals surface area (Å²) >= 11 is 6.56. The molecular formula is C19H24ClN5O2S. The molecule has 1 unspecified atom stereocenters. The minimum Gasteiger partial charge on any atom is -0.386 e. The molecule has 0 saturated heterocycles. The number of nitrogens with one attached hydrogen (secondary N) is 1. The standard InChI is InChI=1S/C19H24ClN5O2S/c1-11-12(2)17(20)18(21-4)19(16(11)13(3)24(5)6)28(26,27)15-8-10-25-14(23-15)7-9-22-25/h7-10,13,21H,1-6H3. The Morgan fingerprint density at radius 1 is 1.21 bits per heavy atom. The summed E-state index contributed by atoms with van der Waals surface area (Å²) in [5, 5.41) is 7.44. The number of aromatic nitrogens is 3. The van der Waals surface area contributed by atoms with Crippen LogP contribution < -0.4 is 5.32 Å². The lowest BCUT2D eigenvalue weighted by molar-refractivity contribution is 0.316. The second-order valence-corrected chi connectivity index (χ2v) is 9.19. The van der Waals surface area contributed by atoms with E-state index in [9.17, 15) is 8.42 Å². The molecule has 0 bridgehead atoms. The van der Waals surface area contributed by atoms with Crippen LogP contribution in [0.1, 0.15) is 29.7 Å². The molecule has 7 nitrogen and oxygen atoms in total. The molecule has 3 rings (SSSR count). The van der Waals surface area contributed by atoms with Crippen LogP contribution in [0.25, 0.3) is 5.65 Å². The van der Waals surface area contributed by atoms with Crippen LogP contribution >= 0.6 is 11.6 Å². The molecule has 0 aliphatic heterocycles. The fourth-order valence-electron chi connectivity index (χ4n) is 3.27. The Hall–Kier alpha value is -2.16. The van der Waals surface area contributed by atoms with Crippen molar-refractivity contribution < 1.29 is 8.42 Å². The second-order valence-electron chi connectivity index (χ2n) is 6.97. The van der Waals surface area contributed by atoms with E-state index in [2.05, 4.69) is 15.4 Å². The van der Waals surface area contributed by atoms with Crippen molar-refractivity contribution in [3.8, 4) is 0 Å². The van der Waals surface area contributed by atoms with Gasteiger partial charge in [0.15, 0.2) is 10.7 Å². The van der Waals surface area contributed by atoms with Gasteiger partial charge in [0.05, 0.1) is 16.9 Å². The summed E-state index contributed by atoms with van der Waals surface area (Å²) in [6, 6.07) is 2.98. The second kappa shape index (κ2) is 7.35. The lowest BCUT2D eigenvalue weighted by atomic mass is 9.96. The van der Waals surface area contributed by atoms with Crippen molar-refractivity contribution in [2.24, 2.45) is 0 Å². The maximum Gasteiger partial charge on any atom is 0.226 e. The number of halogens is 1. The molecule has 0 aliphatic rings. The highest BCUT2D eigenvalue weighted by molar-refractivity contribution is 7.91. The Morgan fingerprint density at radius 2 is 1.89 bits per heavy atom. The number of hydrogen-bond acceptors (Lipinski definition) is 6. The van der Waals surface area contributed by atoms with Gasteiger partial charge in [0, 0.05) is 25.4 Å². The zero-order chi connectivity index (χ0) is 20.8. The molecule has 0 saturated carbocycles. The number of rotatable bonds is 5. The van der Waals surface area contributed by atoms with E-state index in [-0.39, 0.29) is 16.0 Å². The van der Waals surface area contributed by atoms with E-state index in [4.69, 9.17) is 11.6 Å². The average molecular weight is 422 g/mol. The fourth-order valence-corrected chi connectivity index (χ4v) is 5.41. The lowest BCUT2D eigenvalue weighted by Crippen LogP contribution is -2.23. The van der Waals surface area contributed by atoms with Crippen LogP contribution in [-0.2, 0) is 9.84 Å². The number of hydrogen-bond donors (Lipinski definition) is 1. The quantitative estimate of drug-likeness (QED) is 0.635. The van der Waals surface area contributed by atoms with Crippen molar-refractivity contribution in [3.63, 3.8) is 0 Å². The first-order valence-electron chi connectivity index (χ1n) is 8.83. The molecule has 1 atom stereocenters. The first-order chi connectivity index (χ1) is 13.1. The van der Waals surface area contributed by atoms with Crippen LogP contribution in [0.4, 0.5) is 5.69 Å². The number of sulfone groups is 1. The molecule has 0 fully saturated rings. The van der Waals surface area contributed by atoms with Gasteiger partial charge >= 0.3 is 0 Å². The molecule has 9 heteroatoms. The SMILES string of the molecule is CNc1c(Cl)c(C)c(C)c(C(C)N(C)C)c1S(=O)(=O)c1ccn2nccc2n1. The molecular weight excluding hydrogens is 398 g/mol. The maximum absolute atomic E-state index is 13.7. The molecule has 0 radical (unpaired) electrons. The van der Waals surface area contributed by atoms with Crippen molar-refractivity contribution in [1.29, 1.82) is 0 Å². The summed E-state index contributed by atoms with van der Waals surface area (Å²) < 4.78 is 29.0. The Balaban J connectivity index is 2.41. The van der Waals surface area contributed by atoms with Gasteiger partial charge in [-0.3, -0.25) is 0 Å². The molecule has 0 spiro atoms. The smallest absolute Gasteiger partial charge is 0.226 e. The van der Waals surface area contributed by atoms with E-state index in [0.717, 1.165) is 11.1 Å². The third-order valence-corrected chi connectivity index (χ3v) is 7.42. The molecule has 0 amide bonds. The summed E-state index contributed by atoms with van der Waals surface area (Å²) in [6.45, 7) is 5.78. The highest BCUT2D eigenvalue weighted by Crippen LogP contribution is 2.43. The number of anilines is 1. The summed E-state index contributed by atoms with van der Waals surface area (Å²) in [7, 11) is 1.56. The molecule has 28 heavy (non-hydrogen) atoms. The third kappa shape index (κ3) is 3.15. The van der Waals surface area contributed by atoms with Gasteiger partial charge in [-0.1, -0.05) is 11.6 Å². The van der Waals surface area contributed by atoms with Crippen molar-refractivity contribution in [3.05, 3.63) is 46.2 Å². The molecule has 0 aliphatic carbocycles. The fraction of sp³-hybridized carbons (Fsp3) is 0.368. The van der Waals surface area contributed by atoms with Crippen LogP contribution in [0.5, 0.6) is 0 Å². The predicted molar refractivity (Wildman–Crippen MR) is 111 cm³/mol. The zero-order valence-electron chi connectivity index (χ0n) is 16.8. The first kappa shape index (κ1) is 20.6. The van der Waals surface area contributed by atoms with E-state index in [0.29, 0.717) is 21.9 Å². The highest BCUT2D eigenvalue weighted by atomic mass is 35.5. The largest absolute Gasteiger partial charge is 0.386 e. The van der Waals surface area contributed by atoms with Crippen LogP contribution in [0, 0.1) is 13.8 Å². The van der Waals surface area contributed by atoms with Gasteiger partial charge in [-0.05, 0) is 57.6 Å².